The zero-order valence-electron chi connectivity index (χ0n) is 9.02. The molecule has 19 heavy (non-hydrogen) atoms. The molecule has 1 aromatic rings. The Morgan fingerprint density at radius 3 is 2.16 bits per heavy atom. The summed E-state index contributed by atoms with van der Waals surface area (Å²) >= 11 is 0. The highest BCUT2D eigenvalue weighted by Crippen LogP contribution is 2.23. The molecule has 0 unspecified atom stereocenters. The summed E-state index contributed by atoms with van der Waals surface area (Å²) in [5.74, 6) is -6.29. The van der Waals surface area contributed by atoms with E-state index in [1.165, 1.54) is 0 Å². The fourth-order valence-electron chi connectivity index (χ4n) is 1.20. The van der Waals surface area contributed by atoms with Gasteiger partial charge in [-0.3, -0.25) is 4.79 Å². The minimum atomic E-state index is -4.80. The molecular formula is C10H6F5NO3. The number of carboxylic acids is 1. The highest BCUT2D eigenvalue weighted by atomic mass is 19.4. The number of aromatic carboxylic acids is 1. The van der Waals surface area contributed by atoms with E-state index in [9.17, 15) is 31.5 Å². The van der Waals surface area contributed by atoms with Crippen LogP contribution in [0.5, 0.6) is 0 Å². The Morgan fingerprint density at radius 2 is 1.68 bits per heavy atom. The number of benzene rings is 1. The summed E-state index contributed by atoms with van der Waals surface area (Å²) in [6, 6.07) is 0.563. The third kappa shape index (κ3) is 4.19. The number of carboxylic acid groups (broad SMARTS) is 1. The van der Waals surface area contributed by atoms with Gasteiger partial charge in [0.25, 0.3) is 0 Å². The molecule has 0 heterocycles. The highest BCUT2D eigenvalue weighted by Gasteiger charge is 2.31. The summed E-state index contributed by atoms with van der Waals surface area (Å²) < 4.78 is 61.4. The van der Waals surface area contributed by atoms with Gasteiger partial charge in [0, 0.05) is 6.07 Å². The van der Waals surface area contributed by atoms with Gasteiger partial charge in [-0.15, -0.1) is 0 Å². The van der Waals surface area contributed by atoms with Gasteiger partial charge in [-0.2, -0.15) is 13.2 Å². The fraction of sp³-hybridized carbons (Fsp3) is 0.200. The molecule has 1 aromatic carbocycles. The maximum Gasteiger partial charge on any atom is 0.397 e. The number of rotatable bonds is 3. The first-order valence-corrected chi connectivity index (χ1v) is 4.69. The van der Waals surface area contributed by atoms with E-state index in [2.05, 4.69) is 0 Å². The van der Waals surface area contributed by atoms with Crippen molar-refractivity contribution < 1.29 is 36.6 Å². The molecule has 2 N–H and O–H groups in total. The van der Waals surface area contributed by atoms with Crippen molar-refractivity contribution in [1.82, 2.24) is 0 Å². The topological polar surface area (TPSA) is 66.4 Å². The van der Waals surface area contributed by atoms with Gasteiger partial charge in [-0.05, 0) is 6.07 Å². The molecule has 1 rings (SSSR count). The van der Waals surface area contributed by atoms with Gasteiger partial charge in [-0.1, -0.05) is 0 Å². The van der Waals surface area contributed by atoms with Crippen LogP contribution in [0, 0.1) is 11.6 Å². The lowest BCUT2D eigenvalue weighted by atomic mass is 10.1. The van der Waals surface area contributed by atoms with Crippen LogP contribution in [0.25, 0.3) is 0 Å². The number of hydrogen-bond acceptors (Lipinski definition) is 2. The van der Waals surface area contributed by atoms with Crippen molar-refractivity contribution in [1.29, 1.82) is 0 Å². The van der Waals surface area contributed by atoms with Crippen LogP contribution in [0.3, 0.4) is 0 Å². The van der Waals surface area contributed by atoms with Crippen LogP contribution in [0.1, 0.15) is 16.8 Å². The number of carbonyl (C=O) groups is 2. The molecule has 0 bridgehead atoms. The molecule has 0 aliphatic carbocycles. The zero-order valence-corrected chi connectivity index (χ0v) is 9.02. The molecule has 0 atom stereocenters. The molecule has 0 aliphatic rings. The predicted molar refractivity (Wildman–Crippen MR) is 52.6 cm³/mol. The van der Waals surface area contributed by atoms with E-state index in [0.29, 0.717) is 6.07 Å². The van der Waals surface area contributed by atoms with Gasteiger partial charge in [0.1, 0.15) is 6.42 Å². The quantitative estimate of drug-likeness (QED) is 0.838. The van der Waals surface area contributed by atoms with Crippen molar-refractivity contribution >= 4 is 17.6 Å². The third-order valence-electron chi connectivity index (χ3n) is 1.93. The number of carbonyl (C=O) groups excluding carboxylic acids is 1. The van der Waals surface area contributed by atoms with Gasteiger partial charge in [0.2, 0.25) is 5.91 Å². The molecule has 0 saturated heterocycles. The Bertz CT molecular complexity index is 527. The summed E-state index contributed by atoms with van der Waals surface area (Å²) in [4.78, 5) is 21.6. The number of anilines is 1. The van der Waals surface area contributed by atoms with Crippen LogP contribution in [-0.2, 0) is 4.79 Å². The van der Waals surface area contributed by atoms with Gasteiger partial charge < -0.3 is 10.4 Å². The molecule has 0 spiro atoms. The molecule has 0 aromatic heterocycles. The monoisotopic (exact) mass is 283 g/mol. The van der Waals surface area contributed by atoms with E-state index in [1.54, 1.807) is 5.32 Å². The standard InChI is InChI=1S/C10H6F5NO3/c11-5-1-4(9(18)19)7(2-6(5)12)16-8(17)3-10(13,14)15/h1-2H,3H2,(H,16,17)(H,18,19). The van der Waals surface area contributed by atoms with E-state index >= 15 is 0 Å². The summed E-state index contributed by atoms with van der Waals surface area (Å²) in [5, 5.41) is 10.2. The van der Waals surface area contributed by atoms with E-state index in [4.69, 9.17) is 5.11 Å². The average Bonchev–Trinajstić information content (AvgIpc) is 2.19. The zero-order chi connectivity index (χ0) is 14.8. The molecule has 0 saturated carbocycles. The maximum atomic E-state index is 12.9. The lowest BCUT2D eigenvalue weighted by Crippen LogP contribution is -2.22. The minimum Gasteiger partial charge on any atom is -0.478 e. The molecule has 4 nitrogen and oxygen atoms in total. The molecule has 9 heteroatoms. The Hall–Kier alpha value is -2.19. The van der Waals surface area contributed by atoms with Crippen molar-refractivity contribution in [3.05, 3.63) is 29.3 Å². The molecule has 0 aliphatic heterocycles. The van der Waals surface area contributed by atoms with Crippen LogP contribution in [-0.4, -0.2) is 23.2 Å². The van der Waals surface area contributed by atoms with Crippen molar-refractivity contribution in [3.8, 4) is 0 Å². The van der Waals surface area contributed by atoms with Crippen LogP contribution >= 0.6 is 0 Å². The molecule has 1 amide bonds. The predicted octanol–water partition coefficient (Wildman–Crippen LogP) is 2.55. The number of nitrogens with one attached hydrogen (secondary N) is 1. The second-order valence-corrected chi connectivity index (χ2v) is 3.46. The highest BCUT2D eigenvalue weighted by molar-refractivity contribution is 6.00. The van der Waals surface area contributed by atoms with E-state index < -0.39 is 47.4 Å². The number of amides is 1. The number of alkyl halides is 3. The van der Waals surface area contributed by atoms with Gasteiger partial charge >= 0.3 is 12.1 Å². The Kier molecular flexibility index (Phi) is 4.07. The lowest BCUT2D eigenvalue weighted by Gasteiger charge is -2.10. The average molecular weight is 283 g/mol. The summed E-state index contributed by atoms with van der Waals surface area (Å²) in [6.45, 7) is 0. The first-order chi connectivity index (χ1) is 8.60. The van der Waals surface area contributed by atoms with Gasteiger partial charge in [0.15, 0.2) is 11.6 Å². The fourth-order valence-corrected chi connectivity index (χ4v) is 1.20. The van der Waals surface area contributed by atoms with E-state index in [1.807, 2.05) is 0 Å². The minimum absolute atomic E-state index is 0.265. The number of hydrogen-bond donors (Lipinski definition) is 2. The van der Waals surface area contributed by atoms with Crippen LogP contribution < -0.4 is 5.32 Å². The first-order valence-electron chi connectivity index (χ1n) is 4.69. The van der Waals surface area contributed by atoms with Crippen molar-refractivity contribution in [2.45, 2.75) is 12.6 Å². The number of halogens is 5. The van der Waals surface area contributed by atoms with Crippen LogP contribution in [0.2, 0.25) is 0 Å². The maximum absolute atomic E-state index is 12.9. The Labute approximate surface area is 102 Å². The van der Waals surface area contributed by atoms with E-state index in [-0.39, 0.29) is 6.07 Å². The summed E-state index contributed by atoms with van der Waals surface area (Å²) in [7, 11) is 0. The summed E-state index contributed by atoms with van der Waals surface area (Å²) in [5.41, 5.74) is -1.60. The third-order valence-corrected chi connectivity index (χ3v) is 1.93. The molecule has 0 fully saturated rings. The smallest absolute Gasteiger partial charge is 0.397 e. The van der Waals surface area contributed by atoms with Gasteiger partial charge in [-0.25, -0.2) is 13.6 Å². The van der Waals surface area contributed by atoms with Crippen LogP contribution in [0.15, 0.2) is 12.1 Å². The van der Waals surface area contributed by atoms with E-state index in [0.717, 1.165) is 0 Å². The second kappa shape index (κ2) is 5.21. The molecule has 104 valence electrons. The molecular weight excluding hydrogens is 277 g/mol. The van der Waals surface area contributed by atoms with Crippen molar-refractivity contribution in [2.24, 2.45) is 0 Å². The normalized spacial score (nSPS) is 11.2. The Balaban J connectivity index is 3.03. The van der Waals surface area contributed by atoms with Crippen molar-refractivity contribution in [2.75, 3.05) is 5.32 Å². The molecule has 0 radical (unpaired) electrons. The first kappa shape index (κ1) is 14.9. The van der Waals surface area contributed by atoms with Gasteiger partial charge in [0.05, 0.1) is 11.3 Å². The Morgan fingerprint density at radius 1 is 1.16 bits per heavy atom. The van der Waals surface area contributed by atoms with Crippen LogP contribution in [0.4, 0.5) is 27.6 Å². The SMILES string of the molecule is O=C(CC(F)(F)F)Nc1cc(F)c(F)cc1C(=O)O. The second-order valence-electron chi connectivity index (χ2n) is 3.46. The lowest BCUT2D eigenvalue weighted by molar-refractivity contribution is -0.150. The van der Waals surface area contributed by atoms with Crippen molar-refractivity contribution in [3.63, 3.8) is 0 Å². The summed E-state index contributed by atoms with van der Waals surface area (Å²) in [6.07, 6.45) is -6.67. The largest absolute Gasteiger partial charge is 0.478 e.